The number of carbonyl (C=O) groups is 2. The quantitative estimate of drug-likeness (QED) is 0.873. The summed E-state index contributed by atoms with van der Waals surface area (Å²) in [6.45, 7) is 2.38. The van der Waals surface area contributed by atoms with Gasteiger partial charge in [0.25, 0.3) is 5.91 Å². The first-order valence-electron chi connectivity index (χ1n) is 9.71. The molecule has 2 aromatic rings. The summed E-state index contributed by atoms with van der Waals surface area (Å²) in [7, 11) is 0. The topological polar surface area (TPSA) is 89.3 Å². The van der Waals surface area contributed by atoms with Gasteiger partial charge in [0.05, 0.1) is 23.7 Å². The van der Waals surface area contributed by atoms with Crippen LogP contribution < -0.4 is 5.32 Å². The third-order valence-corrected chi connectivity index (χ3v) is 5.54. The van der Waals surface area contributed by atoms with E-state index in [1.165, 1.54) is 0 Å². The Morgan fingerprint density at radius 2 is 2.11 bits per heavy atom. The summed E-state index contributed by atoms with van der Waals surface area (Å²) in [6.07, 6.45) is 4.06. The molecule has 2 atom stereocenters. The minimum Gasteiger partial charge on any atom is -0.348 e. The number of benzene rings is 1. The molecule has 0 saturated carbocycles. The molecule has 2 fully saturated rings. The van der Waals surface area contributed by atoms with Gasteiger partial charge >= 0.3 is 0 Å². The molecule has 2 aliphatic rings. The van der Waals surface area contributed by atoms with E-state index in [0.717, 1.165) is 36.7 Å². The maximum Gasteiger partial charge on any atom is 0.253 e. The van der Waals surface area contributed by atoms with Crippen molar-refractivity contribution < 1.29 is 9.59 Å². The molecule has 7 nitrogen and oxygen atoms in total. The monoisotopic (exact) mass is 377 g/mol. The first-order valence-corrected chi connectivity index (χ1v) is 9.71. The van der Waals surface area contributed by atoms with E-state index in [2.05, 4.69) is 21.3 Å². The van der Waals surface area contributed by atoms with Crippen molar-refractivity contribution in [1.29, 1.82) is 5.26 Å². The first-order chi connectivity index (χ1) is 13.6. The minimum absolute atomic E-state index is 0.00903. The van der Waals surface area contributed by atoms with Crippen molar-refractivity contribution in [2.24, 2.45) is 0 Å². The van der Waals surface area contributed by atoms with E-state index in [1.54, 1.807) is 11.1 Å². The average molecular weight is 377 g/mol. The summed E-state index contributed by atoms with van der Waals surface area (Å²) in [4.78, 5) is 33.2. The zero-order valence-corrected chi connectivity index (χ0v) is 15.7. The van der Waals surface area contributed by atoms with Crippen molar-refractivity contribution in [3.8, 4) is 6.07 Å². The summed E-state index contributed by atoms with van der Waals surface area (Å²) in [6, 6.07) is 11.5. The Labute approximate surface area is 163 Å². The summed E-state index contributed by atoms with van der Waals surface area (Å²) in [5, 5.41) is 13.1. The number of nitriles is 1. The smallest absolute Gasteiger partial charge is 0.253 e. The molecule has 28 heavy (non-hydrogen) atoms. The third kappa shape index (κ3) is 3.82. The zero-order valence-electron chi connectivity index (χ0n) is 15.7. The molecule has 2 amide bonds. The van der Waals surface area contributed by atoms with E-state index in [-0.39, 0.29) is 23.9 Å². The molecule has 0 bridgehead atoms. The molecule has 3 heterocycles. The number of nitrogens with zero attached hydrogens (tertiary/aromatic N) is 4. The minimum atomic E-state index is -0.286. The van der Waals surface area contributed by atoms with Gasteiger partial charge in [0.2, 0.25) is 5.91 Å². The van der Waals surface area contributed by atoms with E-state index < -0.39 is 0 Å². The fourth-order valence-corrected chi connectivity index (χ4v) is 4.04. The molecular formula is C21H23N5O2. The van der Waals surface area contributed by atoms with Crippen LogP contribution in [0.15, 0.2) is 36.5 Å². The van der Waals surface area contributed by atoms with E-state index >= 15 is 0 Å². The van der Waals surface area contributed by atoms with Crippen LogP contribution in [0.5, 0.6) is 0 Å². The number of rotatable bonds is 4. The highest BCUT2D eigenvalue weighted by Crippen LogP contribution is 2.18. The van der Waals surface area contributed by atoms with E-state index in [0.29, 0.717) is 25.2 Å². The molecule has 0 spiro atoms. The van der Waals surface area contributed by atoms with Crippen LogP contribution >= 0.6 is 0 Å². The van der Waals surface area contributed by atoms with Crippen molar-refractivity contribution in [3.63, 3.8) is 0 Å². The Morgan fingerprint density at radius 3 is 2.96 bits per heavy atom. The summed E-state index contributed by atoms with van der Waals surface area (Å²) in [5.74, 6) is -0.129. The van der Waals surface area contributed by atoms with E-state index in [4.69, 9.17) is 5.26 Å². The maximum atomic E-state index is 12.6. The number of nitrogens with one attached hydrogen (secondary N) is 1. The van der Waals surface area contributed by atoms with Crippen LogP contribution in [0.2, 0.25) is 0 Å². The maximum absolute atomic E-state index is 12.6. The number of hydrogen-bond acceptors (Lipinski definition) is 5. The van der Waals surface area contributed by atoms with Crippen LogP contribution in [-0.4, -0.2) is 64.9 Å². The predicted molar refractivity (Wildman–Crippen MR) is 104 cm³/mol. The number of hydrogen-bond donors (Lipinski definition) is 1. The Balaban J connectivity index is 1.32. The lowest BCUT2D eigenvalue weighted by Gasteiger charge is -2.23. The summed E-state index contributed by atoms with van der Waals surface area (Å²) >= 11 is 0. The highest BCUT2D eigenvalue weighted by molar-refractivity contribution is 5.97. The predicted octanol–water partition coefficient (Wildman–Crippen LogP) is 1.55. The number of pyridine rings is 1. The molecule has 1 aromatic carbocycles. The molecule has 1 unspecified atom stereocenters. The van der Waals surface area contributed by atoms with Gasteiger partial charge in [-0.3, -0.25) is 19.5 Å². The molecule has 1 N–H and O–H groups in total. The Kier molecular flexibility index (Phi) is 5.22. The van der Waals surface area contributed by atoms with Gasteiger partial charge in [0, 0.05) is 37.3 Å². The lowest BCUT2D eigenvalue weighted by atomic mass is 10.1. The molecule has 144 valence electrons. The number of likely N-dealkylation sites (tertiary alicyclic amines) is 2. The van der Waals surface area contributed by atoms with Gasteiger partial charge in [-0.05, 0) is 31.4 Å². The SMILES string of the molecule is N#CC1CCCN1C(=O)CN1CC[C@H](NC(=O)c2cnc3ccccc3c2)C1. The fourth-order valence-electron chi connectivity index (χ4n) is 4.04. The fraction of sp³-hybridized carbons (Fsp3) is 0.429. The first kappa shape index (κ1) is 18.4. The van der Waals surface area contributed by atoms with Crippen LogP contribution in [0.3, 0.4) is 0 Å². The van der Waals surface area contributed by atoms with Crippen molar-refractivity contribution >= 4 is 22.7 Å². The van der Waals surface area contributed by atoms with Crippen molar-refractivity contribution in [1.82, 2.24) is 20.1 Å². The zero-order chi connectivity index (χ0) is 19.5. The van der Waals surface area contributed by atoms with Crippen molar-refractivity contribution in [3.05, 3.63) is 42.1 Å². The van der Waals surface area contributed by atoms with Gasteiger partial charge in [-0.1, -0.05) is 18.2 Å². The number of fused-ring (bicyclic) bond motifs is 1. The molecule has 2 aliphatic heterocycles. The highest BCUT2D eigenvalue weighted by atomic mass is 16.2. The number of aromatic nitrogens is 1. The lowest BCUT2D eigenvalue weighted by molar-refractivity contribution is -0.132. The molecule has 0 aliphatic carbocycles. The Hall–Kier alpha value is -2.98. The molecule has 7 heteroatoms. The normalized spacial score (nSPS) is 22.3. The average Bonchev–Trinajstić information content (AvgIpc) is 3.36. The third-order valence-electron chi connectivity index (χ3n) is 5.54. The second-order valence-corrected chi connectivity index (χ2v) is 7.49. The van der Waals surface area contributed by atoms with Gasteiger partial charge in [-0.2, -0.15) is 5.26 Å². The number of carbonyl (C=O) groups excluding carboxylic acids is 2. The van der Waals surface area contributed by atoms with Crippen molar-refractivity contribution in [2.45, 2.75) is 31.3 Å². The van der Waals surface area contributed by atoms with Crippen LogP contribution in [0.4, 0.5) is 0 Å². The highest BCUT2D eigenvalue weighted by Gasteiger charge is 2.31. The summed E-state index contributed by atoms with van der Waals surface area (Å²) in [5.41, 5.74) is 1.41. The van der Waals surface area contributed by atoms with Crippen LogP contribution in [0.25, 0.3) is 10.9 Å². The lowest BCUT2D eigenvalue weighted by Crippen LogP contribution is -2.43. The molecule has 2 saturated heterocycles. The Bertz CT molecular complexity index is 938. The standard InChI is InChI=1S/C21H23N5O2/c22-11-18-5-3-8-26(18)20(27)14-25-9-7-17(13-25)24-21(28)16-10-15-4-1-2-6-19(15)23-12-16/h1-2,4,6,10,12,17-18H,3,5,7-9,13-14H2,(H,24,28)/t17-,18?/m0/s1. The largest absolute Gasteiger partial charge is 0.348 e. The van der Waals surface area contributed by atoms with Crippen LogP contribution in [0.1, 0.15) is 29.6 Å². The van der Waals surface area contributed by atoms with E-state index in [9.17, 15) is 9.59 Å². The molecule has 1 aromatic heterocycles. The van der Waals surface area contributed by atoms with Gasteiger partial charge in [0.1, 0.15) is 6.04 Å². The molecular weight excluding hydrogens is 354 g/mol. The Morgan fingerprint density at radius 1 is 1.25 bits per heavy atom. The number of para-hydroxylation sites is 1. The van der Waals surface area contributed by atoms with Crippen LogP contribution in [0, 0.1) is 11.3 Å². The second-order valence-electron chi connectivity index (χ2n) is 7.49. The van der Waals surface area contributed by atoms with E-state index in [1.807, 2.05) is 30.3 Å². The molecule has 4 rings (SSSR count). The summed E-state index contributed by atoms with van der Waals surface area (Å²) < 4.78 is 0. The van der Waals surface area contributed by atoms with Gasteiger partial charge in [-0.25, -0.2) is 0 Å². The molecule has 0 radical (unpaired) electrons. The number of amides is 2. The van der Waals surface area contributed by atoms with Gasteiger partial charge in [0.15, 0.2) is 0 Å². The van der Waals surface area contributed by atoms with Crippen molar-refractivity contribution in [2.75, 3.05) is 26.2 Å². The van der Waals surface area contributed by atoms with Gasteiger partial charge in [-0.15, -0.1) is 0 Å². The second kappa shape index (κ2) is 7.95. The van der Waals surface area contributed by atoms with Gasteiger partial charge < -0.3 is 10.2 Å². The van der Waals surface area contributed by atoms with Crippen LogP contribution in [-0.2, 0) is 4.79 Å².